The summed E-state index contributed by atoms with van der Waals surface area (Å²) in [6.07, 6.45) is 8.13. The molecule has 0 bridgehead atoms. The Kier molecular flexibility index (Phi) is 9.33. The van der Waals surface area contributed by atoms with Gasteiger partial charge >= 0.3 is 5.97 Å². The number of hydrogen-bond acceptors (Lipinski definition) is 4. The van der Waals surface area contributed by atoms with Crippen molar-refractivity contribution < 1.29 is 19.5 Å². The quantitative estimate of drug-likeness (QED) is 0.288. The molecule has 1 N–H and O–H groups in total. The van der Waals surface area contributed by atoms with Crippen molar-refractivity contribution in [1.29, 1.82) is 0 Å². The molecule has 27 heavy (non-hydrogen) atoms. The highest BCUT2D eigenvalue weighted by Crippen LogP contribution is 2.30. The van der Waals surface area contributed by atoms with Crippen molar-refractivity contribution in [3.63, 3.8) is 0 Å². The first-order chi connectivity index (χ1) is 12.7. The Hall–Kier alpha value is -2.04. The largest absolute Gasteiger partial charge is 0.494 e. The van der Waals surface area contributed by atoms with Crippen molar-refractivity contribution in [3.05, 3.63) is 35.6 Å². The monoisotopic (exact) mass is 377 g/mol. The Labute approximate surface area is 163 Å². The van der Waals surface area contributed by atoms with Gasteiger partial charge in [-0.3, -0.25) is 4.79 Å². The van der Waals surface area contributed by atoms with Crippen molar-refractivity contribution in [2.24, 2.45) is 10.6 Å². The van der Waals surface area contributed by atoms with E-state index in [0.717, 1.165) is 42.5 Å². The van der Waals surface area contributed by atoms with Crippen molar-refractivity contribution in [3.8, 4) is 0 Å². The van der Waals surface area contributed by atoms with Gasteiger partial charge in [-0.05, 0) is 42.7 Å². The van der Waals surface area contributed by atoms with Crippen LogP contribution in [0.4, 0.5) is 0 Å². The molecule has 1 atom stereocenters. The van der Waals surface area contributed by atoms with Gasteiger partial charge < -0.3 is 14.7 Å². The number of carboxylic acids is 1. The van der Waals surface area contributed by atoms with Crippen molar-refractivity contribution in [2.45, 2.75) is 79.2 Å². The molecule has 1 unspecified atom stereocenters. The van der Waals surface area contributed by atoms with Crippen LogP contribution in [0.5, 0.6) is 0 Å². The van der Waals surface area contributed by atoms with Crippen LogP contribution in [0.3, 0.4) is 0 Å². The van der Waals surface area contributed by atoms with Crippen LogP contribution in [0.25, 0.3) is 0 Å². The predicted molar refractivity (Wildman–Crippen MR) is 110 cm³/mol. The van der Waals surface area contributed by atoms with Crippen LogP contribution in [0.15, 0.2) is 40.8 Å². The van der Waals surface area contributed by atoms with Gasteiger partial charge in [0.15, 0.2) is 6.10 Å². The fourth-order valence-corrected chi connectivity index (χ4v) is 2.88. The number of hydrogen-bond donors (Lipinski definition) is 1. The molecule has 0 aromatic carbocycles. The SMILES string of the molecule is C=C(OCCCC(=O)O)C(=CC1ON=C(CC(C)(C)C)/C1=C/CC)CCC. The summed E-state index contributed by atoms with van der Waals surface area (Å²) in [4.78, 5) is 16.3. The Morgan fingerprint density at radius 3 is 2.59 bits per heavy atom. The number of carbonyl (C=O) groups is 1. The Balaban J connectivity index is 2.86. The number of ether oxygens (including phenoxy) is 1. The molecule has 5 heteroatoms. The van der Waals surface area contributed by atoms with Crippen LogP contribution in [0.2, 0.25) is 0 Å². The van der Waals surface area contributed by atoms with E-state index in [1.54, 1.807) is 0 Å². The summed E-state index contributed by atoms with van der Waals surface area (Å²) in [7, 11) is 0. The van der Waals surface area contributed by atoms with Gasteiger partial charge in [0.05, 0.1) is 12.3 Å². The third kappa shape index (κ3) is 8.46. The minimum Gasteiger partial charge on any atom is -0.494 e. The lowest BCUT2D eigenvalue weighted by Gasteiger charge is -2.18. The third-order valence-electron chi connectivity index (χ3n) is 4.08. The number of carboxylic acid groups (broad SMARTS) is 1. The van der Waals surface area contributed by atoms with Gasteiger partial charge in [-0.15, -0.1) is 0 Å². The molecule has 0 aromatic heterocycles. The summed E-state index contributed by atoms with van der Waals surface area (Å²) in [5, 5.41) is 13.1. The zero-order chi connectivity index (χ0) is 20.4. The van der Waals surface area contributed by atoms with Gasteiger partial charge in [0.1, 0.15) is 5.76 Å². The zero-order valence-corrected chi connectivity index (χ0v) is 17.5. The first kappa shape index (κ1) is 23.0. The maximum atomic E-state index is 10.6. The molecule has 152 valence electrons. The number of oxime groups is 1. The molecule has 0 saturated heterocycles. The highest BCUT2D eigenvalue weighted by molar-refractivity contribution is 6.02. The molecule has 0 aliphatic carbocycles. The first-order valence-electron chi connectivity index (χ1n) is 9.85. The molecule has 0 radical (unpaired) electrons. The van der Waals surface area contributed by atoms with E-state index in [9.17, 15) is 4.79 Å². The van der Waals surface area contributed by atoms with E-state index < -0.39 is 5.97 Å². The normalized spacial score (nSPS) is 19.0. The highest BCUT2D eigenvalue weighted by Gasteiger charge is 2.29. The molecule has 0 amide bonds. The molecule has 1 aliphatic heterocycles. The Morgan fingerprint density at radius 2 is 2.04 bits per heavy atom. The van der Waals surface area contributed by atoms with Crippen LogP contribution < -0.4 is 0 Å². The molecule has 0 aromatic rings. The average Bonchev–Trinajstić information content (AvgIpc) is 2.91. The number of allylic oxidation sites excluding steroid dienone is 2. The maximum absolute atomic E-state index is 10.6. The van der Waals surface area contributed by atoms with E-state index in [0.29, 0.717) is 18.8 Å². The number of aliphatic carboxylic acids is 1. The number of nitrogens with zero attached hydrogens (tertiary/aromatic N) is 1. The van der Waals surface area contributed by atoms with E-state index in [1.807, 2.05) is 6.08 Å². The van der Waals surface area contributed by atoms with Gasteiger partial charge in [0.25, 0.3) is 0 Å². The zero-order valence-electron chi connectivity index (χ0n) is 17.5. The second-order valence-electron chi connectivity index (χ2n) is 8.08. The molecule has 0 spiro atoms. The average molecular weight is 378 g/mol. The summed E-state index contributed by atoms with van der Waals surface area (Å²) in [5.41, 5.74) is 3.26. The van der Waals surface area contributed by atoms with Gasteiger partial charge in [-0.2, -0.15) is 0 Å². The highest BCUT2D eigenvalue weighted by atomic mass is 16.6. The van der Waals surface area contributed by atoms with Crippen molar-refractivity contribution in [2.75, 3.05) is 6.61 Å². The van der Waals surface area contributed by atoms with Crippen LogP contribution in [0.1, 0.15) is 73.1 Å². The van der Waals surface area contributed by atoms with E-state index in [4.69, 9.17) is 14.7 Å². The molecule has 1 aliphatic rings. The summed E-state index contributed by atoms with van der Waals surface area (Å²) >= 11 is 0. The van der Waals surface area contributed by atoms with E-state index in [2.05, 4.69) is 52.4 Å². The van der Waals surface area contributed by atoms with Crippen molar-refractivity contribution in [1.82, 2.24) is 0 Å². The second kappa shape index (κ2) is 11.0. The van der Waals surface area contributed by atoms with Gasteiger partial charge in [0, 0.05) is 12.0 Å². The molecule has 1 rings (SSSR count). The van der Waals surface area contributed by atoms with Gasteiger partial charge in [0.2, 0.25) is 0 Å². The van der Waals surface area contributed by atoms with E-state index >= 15 is 0 Å². The van der Waals surface area contributed by atoms with Crippen LogP contribution in [-0.4, -0.2) is 29.5 Å². The lowest BCUT2D eigenvalue weighted by Crippen LogP contribution is -2.17. The second-order valence-corrected chi connectivity index (χ2v) is 8.08. The van der Waals surface area contributed by atoms with E-state index in [-0.39, 0.29) is 17.9 Å². The molecule has 0 fully saturated rings. The molecule has 0 saturated carbocycles. The van der Waals surface area contributed by atoms with Crippen LogP contribution in [-0.2, 0) is 14.4 Å². The molecular formula is C22H35NO4. The molecule has 5 nitrogen and oxygen atoms in total. The third-order valence-corrected chi connectivity index (χ3v) is 4.08. The van der Waals surface area contributed by atoms with Crippen LogP contribution >= 0.6 is 0 Å². The minimum absolute atomic E-state index is 0.0965. The van der Waals surface area contributed by atoms with E-state index in [1.165, 1.54) is 0 Å². The predicted octanol–water partition coefficient (Wildman–Crippen LogP) is 5.64. The fourth-order valence-electron chi connectivity index (χ4n) is 2.88. The van der Waals surface area contributed by atoms with Gasteiger partial charge in [-0.25, -0.2) is 0 Å². The standard InChI is InChI=1S/C22H35NO4/c1-7-10-17(16(3)26-13-9-12-21(24)25)14-20-18(11-8-2)19(23-27-20)15-22(4,5)6/h11,14,20H,3,7-10,12-13,15H2,1-2,4-6H3,(H,24,25)/b17-14?,18-11-. The summed E-state index contributed by atoms with van der Waals surface area (Å²) in [6.45, 7) is 15.2. The van der Waals surface area contributed by atoms with Gasteiger partial charge in [-0.1, -0.05) is 58.9 Å². The molecular weight excluding hydrogens is 342 g/mol. The summed E-state index contributed by atoms with van der Waals surface area (Å²) < 4.78 is 5.68. The number of rotatable bonds is 11. The first-order valence-corrected chi connectivity index (χ1v) is 9.85. The Morgan fingerprint density at radius 1 is 1.33 bits per heavy atom. The summed E-state index contributed by atoms with van der Waals surface area (Å²) in [6, 6.07) is 0. The fraction of sp³-hybridized carbons (Fsp3) is 0.636. The maximum Gasteiger partial charge on any atom is 0.303 e. The minimum atomic E-state index is -0.814. The Bertz CT molecular complexity index is 608. The molecule has 1 heterocycles. The van der Waals surface area contributed by atoms with Crippen molar-refractivity contribution >= 4 is 11.7 Å². The topological polar surface area (TPSA) is 68.1 Å². The lowest BCUT2D eigenvalue weighted by atomic mass is 9.85. The summed E-state index contributed by atoms with van der Waals surface area (Å²) in [5.74, 6) is -0.225. The lowest BCUT2D eigenvalue weighted by molar-refractivity contribution is -0.137. The smallest absolute Gasteiger partial charge is 0.303 e. The van der Waals surface area contributed by atoms with Crippen LogP contribution in [0, 0.1) is 5.41 Å².